The van der Waals surface area contributed by atoms with E-state index in [1.54, 1.807) is 0 Å². The number of nitrogens with one attached hydrogen (secondary N) is 1. The summed E-state index contributed by atoms with van der Waals surface area (Å²) in [6.07, 6.45) is 2.04. The van der Waals surface area contributed by atoms with E-state index in [2.05, 4.69) is 24.9 Å². The molecule has 8 heteroatoms. The SMILES string of the molecule is [N-]=[N+]=NCCCNC(=O)c1cnns1. The lowest BCUT2D eigenvalue weighted by molar-refractivity contribution is 0.0957. The van der Waals surface area contributed by atoms with Crippen LogP contribution in [0.2, 0.25) is 0 Å². The van der Waals surface area contributed by atoms with E-state index < -0.39 is 0 Å². The summed E-state index contributed by atoms with van der Waals surface area (Å²) in [5.74, 6) is -0.194. The summed E-state index contributed by atoms with van der Waals surface area (Å²) in [6, 6.07) is 0. The minimum atomic E-state index is -0.194. The normalized spacial score (nSPS) is 9.14. The number of aromatic nitrogens is 2. The van der Waals surface area contributed by atoms with Crippen LogP contribution in [0, 0.1) is 0 Å². The lowest BCUT2D eigenvalue weighted by atomic mass is 10.4. The molecule has 1 amide bonds. The molecule has 0 atom stereocenters. The van der Waals surface area contributed by atoms with Crippen molar-refractivity contribution in [2.75, 3.05) is 13.1 Å². The predicted octanol–water partition coefficient (Wildman–Crippen LogP) is 0.968. The topological polar surface area (TPSA) is 104 Å². The molecule has 1 N–H and O–H groups in total. The first kappa shape index (κ1) is 10.4. The summed E-state index contributed by atoms with van der Waals surface area (Å²) in [5.41, 5.74) is 7.98. The van der Waals surface area contributed by atoms with Crippen molar-refractivity contribution in [2.24, 2.45) is 5.11 Å². The molecule has 0 bridgehead atoms. The van der Waals surface area contributed by atoms with E-state index in [9.17, 15) is 4.79 Å². The first-order valence-corrected chi connectivity index (χ1v) is 4.68. The Balaban J connectivity index is 2.19. The molecule has 7 nitrogen and oxygen atoms in total. The van der Waals surface area contributed by atoms with Gasteiger partial charge >= 0.3 is 0 Å². The van der Waals surface area contributed by atoms with Gasteiger partial charge in [0.05, 0.1) is 6.20 Å². The lowest BCUT2D eigenvalue weighted by Crippen LogP contribution is -2.23. The van der Waals surface area contributed by atoms with Gasteiger partial charge in [-0.25, -0.2) is 0 Å². The van der Waals surface area contributed by atoms with E-state index in [1.807, 2.05) is 0 Å². The molecule has 0 saturated heterocycles. The third-order valence-electron chi connectivity index (χ3n) is 1.37. The van der Waals surface area contributed by atoms with Crippen LogP contribution < -0.4 is 5.32 Å². The Kier molecular flexibility index (Phi) is 4.39. The number of hydrogen-bond donors (Lipinski definition) is 1. The predicted molar refractivity (Wildman–Crippen MR) is 50.9 cm³/mol. The number of hydrogen-bond acceptors (Lipinski definition) is 5. The minimum Gasteiger partial charge on any atom is -0.351 e. The maximum Gasteiger partial charge on any atom is 0.264 e. The van der Waals surface area contributed by atoms with Crippen LogP contribution in [-0.2, 0) is 0 Å². The Morgan fingerprint density at radius 3 is 3.29 bits per heavy atom. The molecule has 1 heterocycles. The van der Waals surface area contributed by atoms with Crippen LogP contribution in [0.1, 0.15) is 16.1 Å². The highest BCUT2D eigenvalue weighted by Crippen LogP contribution is 2.00. The maximum atomic E-state index is 11.3. The number of azide groups is 1. The molecule has 1 aromatic rings. The summed E-state index contributed by atoms with van der Waals surface area (Å²) in [6.45, 7) is 0.869. The van der Waals surface area contributed by atoms with E-state index in [1.165, 1.54) is 6.20 Å². The van der Waals surface area contributed by atoms with Crippen LogP contribution in [0.4, 0.5) is 0 Å². The largest absolute Gasteiger partial charge is 0.351 e. The quantitative estimate of drug-likeness (QED) is 0.340. The molecule has 0 aliphatic carbocycles. The molecule has 0 radical (unpaired) electrons. The fourth-order valence-corrected chi connectivity index (χ4v) is 1.18. The van der Waals surface area contributed by atoms with Crippen LogP contribution >= 0.6 is 11.5 Å². The Bertz CT molecular complexity index is 330. The molecule has 1 rings (SSSR count). The van der Waals surface area contributed by atoms with Crippen LogP contribution in [0.5, 0.6) is 0 Å². The first-order chi connectivity index (χ1) is 6.84. The van der Waals surface area contributed by atoms with Gasteiger partial charge in [-0.2, -0.15) is 0 Å². The molecular formula is C6H8N6OS. The van der Waals surface area contributed by atoms with Crippen molar-refractivity contribution in [3.8, 4) is 0 Å². The molecular weight excluding hydrogens is 204 g/mol. The Morgan fingerprint density at radius 2 is 2.64 bits per heavy atom. The zero-order valence-electron chi connectivity index (χ0n) is 7.25. The lowest BCUT2D eigenvalue weighted by Gasteiger charge is -1.99. The monoisotopic (exact) mass is 212 g/mol. The minimum absolute atomic E-state index is 0.194. The van der Waals surface area contributed by atoms with E-state index in [-0.39, 0.29) is 5.91 Å². The van der Waals surface area contributed by atoms with Gasteiger partial charge in [0.15, 0.2) is 0 Å². The number of nitrogens with zero attached hydrogens (tertiary/aromatic N) is 5. The zero-order chi connectivity index (χ0) is 10.2. The molecule has 0 aromatic carbocycles. The Morgan fingerprint density at radius 1 is 1.79 bits per heavy atom. The Labute approximate surface area is 83.9 Å². The highest BCUT2D eigenvalue weighted by Gasteiger charge is 2.06. The highest BCUT2D eigenvalue weighted by atomic mass is 32.1. The molecule has 0 unspecified atom stereocenters. The van der Waals surface area contributed by atoms with Gasteiger partial charge in [-0.1, -0.05) is 9.60 Å². The first-order valence-electron chi connectivity index (χ1n) is 3.91. The molecule has 0 spiro atoms. The standard InChI is InChI=1S/C6H8N6OS/c7-11-9-3-1-2-8-6(13)5-4-10-12-14-5/h4H,1-3H2,(H,8,13). The van der Waals surface area contributed by atoms with Gasteiger partial charge in [-0.3, -0.25) is 4.79 Å². The third kappa shape index (κ3) is 3.38. The second-order valence-electron chi connectivity index (χ2n) is 2.35. The number of carbonyl (C=O) groups excluding carboxylic acids is 1. The van der Waals surface area contributed by atoms with E-state index >= 15 is 0 Å². The summed E-state index contributed by atoms with van der Waals surface area (Å²) in [7, 11) is 0. The fraction of sp³-hybridized carbons (Fsp3) is 0.500. The number of rotatable bonds is 5. The number of amides is 1. The highest BCUT2D eigenvalue weighted by molar-refractivity contribution is 7.07. The Hall–Kier alpha value is -1.66. The van der Waals surface area contributed by atoms with Gasteiger partial charge in [0.2, 0.25) is 0 Å². The average molecular weight is 212 g/mol. The van der Waals surface area contributed by atoms with Crippen molar-refractivity contribution in [2.45, 2.75) is 6.42 Å². The van der Waals surface area contributed by atoms with Crippen molar-refractivity contribution in [1.29, 1.82) is 0 Å². The smallest absolute Gasteiger partial charge is 0.264 e. The van der Waals surface area contributed by atoms with Gasteiger partial charge in [0.1, 0.15) is 4.88 Å². The second kappa shape index (κ2) is 5.90. The zero-order valence-corrected chi connectivity index (χ0v) is 8.07. The van der Waals surface area contributed by atoms with Crippen LogP contribution in [-0.4, -0.2) is 28.6 Å². The fourth-order valence-electron chi connectivity index (χ4n) is 0.751. The molecule has 0 aliphatic rings. The van der Waals surface area contributed by atoms with Crippen molar-refractivity contribution in [3.05, 3.63) is 21.5 Å². The van der Waals surface area contributed by atoms with Crippen LogP contribution in [0.25, 0.3) is 10.4 Å². The third-order valence-corrected chi connectivity index (χ3v) is 2.03. The summed E-state index contributed by atoms with van der Waals surface area (Å²) < 4.78 is 3.57. The van der Waals surface area contributed by atoms with Gasteiger partial charge in [0.25, 0.3) is 5.91 Å². The van der Waals surface area contributed by atoms with E-state index in [4.69, 9.17) is 5.53 Å². The van der Waals surface area contributed by atoms with Gasteiger partial charge in [-0.05, 0) is 23.5 Å². The number of carbonyl (C=O) groups is 1. The molecule has 0 saturated carbocycles. The maximum absolute atomic E-state index is 11.3. The summed E-state index contributed by atoms with van der Waals surface area (Å²) in [5, 5.41) is 9.53. The molecule has 74 valence electrons. The van der Waals surface area contributed by atoms with Crippen molar-refractivity contribution in [1.82, 2.24) is 14.9 Å². The van der Waals surface area contributed by atoms with Crippen LogP contribution in [0.15, 0.2) is 11.3 Å². The molecule has 0 aliphatic heterocycles. The molecule has 0 fully saturated rings. The van der Waals surface area contributed by atoms with Gasteiger partial charge < -0.3 is 5.32 Å². The van der Waals surface area contributed by atoms with Gasteiger partial charge in [0, 0.05) is 18.0 Å². The van der Waals surface area contributed by atoms with E-state index in [0.29, 0.717) is 24.4 Å². The summed E-state index contributed by atoms with van der Waals surface area (Å²) in [4.78, 5) is 14.3. The van der Waals surface area contributed by atoms with Crippen LogP contribution in [0.3, 0.4) is 0 Å². The summed E-state index contributed by atoms with van der Waals surface area (Å²) >= 11 is 1.04. The van der Waals surface area contributed by atoms with E-state index in [0.717, 1.165) is 11.5 Å². The molecule has 1 aromatic heterocycles. The molecule has 14 heavy (non-hydrogen) atoms. The van der Waals surface area contributed by atoms with Crippen molar-refractivity contribution < 1.29 is 4.79 Å². The van der Waals surface area contributed by atoms with Gasteiger partial charge in [-0.15, -0.1) is 5.10 Å². The van der Waals surface area contributed by atoms with Crippen molar-refractivity contribution in [3.63, 3.8) is 0 Å². The second-order valence-corrected chi connectivity index (χ2v) is 3.13. The van der Waals surface area contributed by atoms with Crippen molar-refractivity contribution >= 4 is 17.4 Å². The average Bonchev–Trinajstić information content (AvgIpc) is 2.70.